The van der Waals surface area contributed by atoms with Crippen molar-refractivity contribution >= 4 is 8.15 Å². The van der Waals surface area contributed by atoms with Gasteiger partial charge in [0.2, 0.25) is 0 Å². The van der Waals surface area contributed by atoms with Crippen LogP contribution in [0.3, 0.4) is 0 Å². The zero-order valence-corrected chi connectivity index (χ0v) is 12.1. The van der Waals surface area contributed by atoms with Gasteiger partial charge in [-0.05, 0) is 34.6 Å². The molecule has 4 unspecified atom stereocenters. The molecule has 0 spiro atoms. The summed E-state index contributed by atoms with van der Waals surface area (Å²) in [5, 5.41) is -0.503. The maximum Gasteiger partial charge on any atom is 0.173 e. The highest BCUT2D eigenvalue weighted by atomic mass is 31.1. The number of hydrogen-bond acceptors (Lipinski definition) is 4. The van der Waals surface area contributed by atoms with Crippen LogP contribution in [0.4, 0.5) is 0 Å². The molecule has 0 saturated carbocycles. The molecule has 4 atom stereocenters. The van der Waals surface area contributed by atoms with E-state index >= 15 is 0 Å². The SMILES string of the molecule is CCOP1C2(C)CC3(C)OC(C)(CC1(C)O3)O2. The van der Waals surface area contributed by atoms with Gasteiger partial charge in [-0.25, -0.2) is 0 Å². The second-order valence-corrected chi connectivity index (χ2v) is 8.73. The average Bonchev–Trinajstić information content (AvgIpc) is 2.04. The van der Waals surface area contributed by atoms with Crippen LogP contribution in [0.2, 0.25) is 0 Å². The Balaban J connectivity index is 2.04. The predicted octanol–water partition coefficient (Wildman–Crippen LogP) is 3.16. The second kappa shape index (κ2) is 3.23. The van der Waals surface area contributed by atoms with Crippen LogP contribution >= 0.6 is 8.15 Å². The van der Waals surface area contributed by atoms with Crippen molar-refractivity contribution in [1.82, 2.24) is 0 Å². The minimum absolute atomic E-state index is 0.252. The number of rotatable bonds is 2. The first-order valence-electron chi connectivity index (χ1n) is 6.26. The summed E-state index contributed by atoms with van der Waals surface area (Å²) in [7, 11) is -0.758. The summed E-state index contributed by atoms with van der Waals surface area (Å²) in [5.41, 5.74) is 0. The largest absolute Gasteiger partial charge is 0.354 e. The van der Waals surface area contributed by atoms with Crippen LogP contribution in [-0.4, -0.2) is 28.9 Å². The molecule has 4 rings (SSSR count). The Labute approximate surface area is 104 Å². The fourth-order valence-electron chi connectivity index (χ4n) is 3.97. The van der Waals surface area contributed by atoms with Gasteiger partial charge >= 0.3 is 0 Å². The van der Waals surface area contributed by atoms with E-state index < -0.39 is 19.7 Å². The lowest BCUT2D eigenvalue weighted by Gasteiger charge is -2.68. The molecular formula is C12H21O4P. The molecule has 0 radical (unpaired) electrons. The molecule has 98 valence electrons. The zero-order chi connectivity index (χ0) is 12.5. The third-order valence-corrected chi connectivity index (χ3v) is 6.45. The minimum Gasteiger partial charge on any atom is -0.354 e. The Hall–Kier alpha value is 0.270. The molecule has 4 nitrogen and oxygen atoms in total. The molecule has 4 heterocycles. The van der Waals surface area contributed by atoms with Gasteiger partial charge in [-0.2, -0.15) is 0 Å². The molecule has 0 amide bonds. The molecule has 4 fully saturated rings. The second-order valence-electron chi connectivity index (χ2n) is 5.99. The van der Waals surface area contributed by atoms with E-state index in [1.165, 1.54) is 0 Å². The van der Waals surface area contributed by atoms with Crippen LogP contribution in [0.5, 0.6) is 0 Å². The third-order valence-electron chi connectivity index (χ3n) is 3.72. The van der Waals surface area contributed by atoms with Gasteiger partial charge in [0.15, 0.2) is 11.6 Å². The van der Waals surface area contributed by atoms with Crippen LogP contribution in [0.25, 0.3) is 0 Å². The summed E-state index contributed by atoms with van der Waals surface area (Å²) in [6.07, 6.45) is 1.49. The summed E-state index contributed by atoms with van der Waals surface area (Å²) in [5.74, 6) is -1.05. The molecule has 17 heavy (non-hydrogen) atoms. The first-order chi connectivity index (χ1) is 7.73. The Morgan fingerprint density at radius 1 is 0.941 bits per heavy atom. The molecule has 5 heteroatoms. The van der Waals surface area contributed by atoms with E-state index in [1.807, 2.05) is 20.8 Å². The van der Waals surface area contributed by atoms with Crippen molar-refractivity contribution in [1.29, 1.82) is 0 Å². The predicted molar refractivity (Wildman–Crippen MR) is 64.7 cm³/mol. The van der Waals surface area contributed by atoms with E-state index in [9.17, 15) is 0 Å². The standard InChI is InChI=1S/C12H21O4P/c1-6-13-17-11(4)7-9(2)14-10(3,16-11)8-12(17,5)15-9/h6-8H2,1-5H3. The summed E-state index contributed by atoms with van der Waals surface area (Å²) in [4.78, 5) is 0. The van der Waals surface area contributed by atoms with Gasteiger partial charge in [-0.15, -0.1) is 0 Å². The molecule has 4 bridgehead atoms. The summed E-state index contributed by atoms with van der Waals surface area (Å²) in [6.45, 7) is 11.1. The monoisotopic (exact) mass is 260 g/mol. The van der Waals surface area contributed by atoms with Gasteiger partial charge in [0.25, 0.3) is 0 Å². The molecule has 4 aliphatic rings. The number of hydrogen-bond donors (Lipinski definition) is 0. The Kier molecular flexibility index (Phi) is 2.34. The fraction of sp³-hybridized carbons (Fsp3) is 1.00. The zero-order valence-electron chi connectivity index (χ0n) is 11.2. The highest BCUT2D eigenvalue weighted by Crippen LogP contribution is 2.76. The smallest absolute Gasteiger partial charge is 0.173 e. The van der Waals surface area contributed by atoms with Crippen molar-refractivity contribution in [2.75, 3.05) is 6.61 Å². The van der Waals surface area contributed by atoms with Crippen molar-refractivity contribution in [3.8, 4) is 0 Å². The van der Waals surface area contributed by atoms with Gasteiger partial charge in [-0.3, -0.25) is 0 Å². The Bertz CT molecular complexity index is 314. The van der Waals surface area contributed by atoms with Gasteiger partial charge in [-0.1, -0.05) is 0 Å². The lowest BCUT2D eigenvalue weighted by Crippen LogP contribution is -2.71. The molecule has 4 aliphatic heterocycles. The van der Waals surface area contributed by atoms with E-state index in [1.54, 1.807) is 0 Å². The van der Waals surface area contributed by atoms with E-state index in [-0.39, 0.29) is 10.7 Å². The topological polar surface area (TPSA) is 36.9 Å². The highest BCUT2D eigenvalue weighted by molar-refractivity contribution is 7.55. The normalized spacial score (nSPS) is 60.9. The van der Waals surface area contributed by atoms with Gasteiger partial charge < -0.3 is 18.7 Å². The van der Waals surface area contributed by atoms with Gasteiger partial charge in [0, 0.05) is 19.4 Å². The first kappa shape index (κ1) is 12.3. The van der Waals surface area contributed by atoms with E-state index in [2.05, 4.69) is 13.8 Å². The van der Waals surface area contributed by atoms with Crippen LogP contribution < -0.4 is 0 Å². The average molecular weight is 260 g/mol. The van der Waals surface area contributed by atoms with Crippen LogP contribution in [0.15, 0.2) is 0 Å². The fourth-order valence-corrected chi connectivity index (χ4v) is 7.18. The van der Waals surface area contributed by atoms with Crippen molar-refractivity contribution in [2.24, 2.45) is 0 Å². The molecule has 0 aromatic heterocycles. The van der Waals surface area contributed by atoms with Gasteiger partial charge in [0.05, 0.1) is 8.15 Å². The summed E-state index contributed by atoms with van der Waals surface area (Å²) >= 11 is 0. The maximum absolute atomic E-state index is 6.20. The Morgan fingerprint density at radius 3 is 1.82 bits per heavy atom. The van der Waals surface area contributed by atoms with E-state index in [0.29, 0.717) is 6.61 Å². The van der Waals surface area contributed by atoms with Crippen LogP contribution in [0.1, 0.15) is 47.5 Å². The van der Waals surface area contributed by atoms with Crippen molar-refractivity contribution in [3.63, 3.8) is 0 Å². The van der Waals surface area contributed by atoms with Crippen molar-refractivity contribution < 1.29 is 18.7 Å². The van der Waals surface area contributed by atoms with E-state index in [0.717, 1.165) is 12.8 Å². The minimum atomic E-state index is -0.758. The molecule has 0 N–H and O–H groups in total. The van der Waals surface area contributed by atoms with Crippen molar-refractivity contribution in [2.45, 2.75) is 69.7 Å². The van der Waals surface area contributed by atoms with Crippen LogP contribution in [-0.2, 0) is 18.7 Å². The molecule has 0 aliphatic carbocycles. The maximum atomic E-state index is 6.20. The lowest BCUT2D eigenvalue weighted by molar-refractivity contribution is -0.470. The van der Waals surface area contributed by atoms with E-state index in [4.69, 9.17) is 18.7 Å². The number of ether oxygens (including phenoxy) is 3. The Morgan fingerprint density at radius 2 is 1.41 bits per heavy atom. The van der Waals surface area contributed by atoms with Gasteiger partial charge in [0.1, 0.15) is 10.7 Å². The first-order valence-corrected chi connectivity index (χ1v) is 7.52. The molecular weight excluding hydrogens is 239 g/mol. The molecule has 0 aromatic rings. The van der Waals surface area contributed by atoms with Crippen LogP contribution in [0, 0.1) is 0 Å². The summed E-state index contributed by atoms with van der Waals surface area (Å²) < 4.78 is 24.3. The third kappa shape index (κ3) is 1.62. The molecule has 4 saturated heterocycles. The quantitative estimate of drug-likeness (QED) is 0.715. The highest BCUT2D eigenvalue weighted by Gasteiger charge is 2.72. The van der Waals surface area contributed by atoms with Crippen molar-refractivity contribution in [3.05, 3.63) is 0 Å². The lowest BCUT2D eigenvalue weighted by atomic mass is 9.98. The molecule has 0 aromatic carbocycles. The summed E-state index contributed by atoms with van der Waals surface area (Å²) in [6, 6.07) is 0.